The van der Waals surface area contributed by atoms with Crippen molar-refractivity contribution in [3.63, 3.8) is 0 Å². The zero-order valence-electron chi connectivity index (χ0n) is 15.1. The first-order chi connectivity index (χ1) is 14.3. The Morgan fingerprint density at radius 2 is 1.87 bits per heavy atom. The van der Waals surface area contributed by atoms with Gasteiger partial charge < -0.3 is 10.1 Å². The topological polar surface area (TPSA) is 153 Å². The molecule has 3 rings (SSSR count). The van der Waals surface area contributed by atoms with E-state index < -0.39 is 41.1 Å². The molecule has 2 N–H and O–H groups in total. The number of hydrogen-bond acceptors (Lipinski definition) is 7. The summed E-state index contributed by atoms with van der Waals surface area (Å²) >= 11 is 5.88. The molecule has 2 aromatic carbocycles. The smallest absolute Gasteiger partial charge is 0.328 e. The van der Waals surface area contributed by atoms with Crippen molar-refractivity contribution in [1.82, 2.24) is 9.78 Å². The second-order valence-electron chi connectivity index (χ2n) is 6.01. The number of aromatic amines is 1. The summed E-state index contributed by atoms with van der Waals surface area (Å²) in [6.07, 6.45) is 0. The number of fused-ring (bicyclic) bond motifs is 1. The summed E-state index contributed by atoms with van der Waals surface area (Å²) in [5.41, 5.74) is -1.47. The van der Waals surface area contributed by atoms with Crippen molar-refractivity contribution in [1.29, 1.82) is 0 Å². The van der Waals surface area contributed by atoms with Crippen LogP contribution in [0.3, 0.4) is 0 Å². The Morgan fingerprint density at radius 1 is 1.17 bits per heavy atom. The molecule has 12 heteroatoms. The van der Waals surface area contributed by atoms with Gasteiger partial charge in [0.05, 0.1) is 26.4 Å². The molecule has 0 fully saturated rings. The van der Waals surface area contributed by atoms with E-state index in [-0.39, 0.29) is 27.2 Å². The van der Waals surface area contributed by atoms with Gasteiger partial charge in [-0.25, -0.2) is 4.68 Å². The maximum atomic E-state index is 12.4. The molecular weight excluding hydrogens is 420 g/mol. The fourth-order valence-corrected chi connectivity index (χ4v) is 2.75. The Hall–Kier alpha value is -3.99. The quantitative estimate of drug-likeness (QED) is 0.339. The number of nitro groups is 1. The fourth-order valence-electron chi connectivity index (χ4n) is 2.59. The van der Waals surface area contributed by atoms with E-state index in [1.165, 1.54) is 24.3 Å². The number of carbonyl (C=O) groups is 2. The van der Waals surface area contributed by atoms with Crippen molar-refractivity contribution >= 4 is 45.6 Å². The first kappa shape index (κ1) is 20.7. The largest absolute Gasteiger partial charge is 0.454 e. The minimum Gasteiger partial charge on any atom is -0.454 e. The molecular formula is C18H13ClN4O7. The monoisotopic (exact) mass is 432 g/mol. The van der Waals surface area contributed by atoms with Gasteiger partial charge in [-0.05, 0) is 18.2 Å². The Labute approximate surface area is 172 Å². The van der Waals surface area contributed by atoms with Gasteiger partial charge in [-0.3, -0.25) is 34.4 Å². The maximum absolute atomic E-state index is 12.4. The molecule has 0 aliphatic heterocycles. The lowest BCUT2D eigenvalue weighted by atomic mass is 10.2. The van der Waals surface area contributed by atoms with Gasteiger partial charge in [0.25, 0.3) is 22.7 Å². The minimum absolute atomic E-state index is 0.0259. The molecule has 0 aliphatic rings. The van der Waals surface area contributed by atoms with Gasteiger partial charge in [0.1, 0.15) is 6.54 Å². The van der Waals surface area contributed by atoms with Gasteiger partial charge in [-0.1, -0.05) is 23.7 Å². The Kier molecular flexibility index (Phi) is 5.93. The molecule has 1 aromatic heterocycles. The van der Waals surface area contributed by atoms with E-state index in [2.05, 4.69) is 10.4 Å². The maximum Gasteiger partial charge on any atom is 0.328 e. The number of anilines is 1. The number of halogens is 1. The second kappa shape index (κ2) is 8.57. The van der Waals surface area contributed by atoms with Crippen molar-refractivity contribution in [2.75, 3.05) is 11.9 Å². The summed E-state index contributed by atoms with van der Waals surface area (Å²) in [6, 6.07) is 9.56. The summed E-state index contributed by atoms with van der Waals surface area (Å²) < 4.78 is 5.57. The Morgan fingerprint density at radius 3 is 2.57 bits per heavy atom. The highest BCUT2D eigenvalue weighted by atomic mass is 35.5. The van der Waals surface area contributed by atoms with Crippen molar-refractivity contribution in [3.8, 4) is 0 Å². The number of nitro benzene ring substituents is 1. The lowest BCUT2D eigenvalue weighted by molar-refractivity contribution is -0.384. The Bertz CT molecular complexity index is 1280. The van der Waals surface area contributed by atoms with Crippen LogP contribution in [0.5, 0.6) is 0 Å². The predicted molar refractivity (Wildman–Crippen MR) is 107 cm³/mol. The number of amides is 1. The molecule has 0 unspecified atom stereocenters. The molecule has 0 saturated carbocycles. The molecule has 0 saturated heterocycles. The van der Waals surface area contributed by atoms with E-state index in [1.54, 1.807) is 12.1 Å². The summed E-state index contributed by atoms with van der Waals surface area (Å²) in [4.78, 5) is 58.5. The average Bonchev–Trinajstić information content (AvgIpc) is 2.72. The van der Waals surface area contributed by atoms with E-state index in [0.717, 1.165) is 10.7 Å². The number of non-ortho nitro benzene ring substituents is 1. The van der Waals surface area contributed by atoms with Crippen LogP contribution < -0.4 is 16.4 Å². The van der Waals surface area contributed by atoms with Crippen molar-refractivity contribution in [3.05, 3.63) is 78.3 Å². The van der Waals surface area contributed by atoms with E-state index >= 15 is 0 Å². The van der Waals surface area contributed by atoms with Crippen LogP contribution in [0, 0.1) is 10.1 Å². The summed E-state index contributed by atoms with van der Waals surface area (Å²) in [6.45, 7) is -1.35. The number of nitrogens with one attached hydrogen (secondary N) is 2. The lowest BCUT2D eigenvalue weighted by Gasteiger charge is -2.09. The van der Waals surface area contributed by atoms with Gasteiger partial charge in [-0.2, -0.15) is 0 Å². The van der Waals surface area contributed by atoms with Gasteiger partial charge in [-0.15, -0.1) is 0 Å². The number of esters is 1. The second-order valence-corrected chi connectivity index (χ2v) is 6.42. The lowest BCUT2D eigenvalue weighted by Crippen LogP contribution is -2.33. The fraction of sp³-hybridized carbons (Fsp3) is 0.111. The zero-order valence-corrected chi connectivity index (χ0v) is 15.8. The first-order valence-electron chi connectivity index (χ1n) is 8.37. The van der Waals surface area contributed by atoms with Crippen LogP contribution in [0.25, 0.3) is 10.8 Å². The van der Waals surface area contributed by atoms with Gasteiger partial charge in [0.2, 0.25) is 0 Å². The highest BCUT2D eigenvalue weighted by Gasteiger charge is 2.15. The third-order valence-corrected chi connectivity index (χ3v) is 4.30. The minimum atomic E-state index is -0.955. The highest BCUT2D eigenvalue weighted by molar-refractivity contribution is 6.33. The average molecular weight is 433 g/mol. The molecule has 0 aliphatic carbocycles. The summed E-state index contributed by atoms with van der Waals surface area (Å²) in [5.74, 6) is -1.76. The highest BCUT2D eigenvalue weighted by Crippen LogP contribution is 2.26. The predicted octanol–water partition coefficient (Wildman–Crippen LogP) is 1.43. The van der Waals surface area contributed by atoms with Crippen LogP contribution in [0.4, 0.5) is 11.4 Å². The Balaban J connectivity index is 1.65. The van der Waals surface area contributed by atoms with Gasteiger partial charge in [0.15, 0.2) is 6.61 Å². The first-order valence-corrected chi connectivity index (χ1v) is 8.75. The zero-order chi connectivity index (χ0) is 21.8. The number of benzene rings is 2. The van der Waals surface area contributed by atoms with Crippen LogP contribution in [0.2, 0.25) is 5.02 Å². The number of hydrogen-bond donors (Lipinski definition) is 2. The number of ether oxygens (including phenoxy) is 1. The standard InChI is InChI=1S/C18H13ClN4O7/c19-13-6-5-10(23(28)29)7-14(13)20-15(24)9-30-16(25)8-22-18(27)12-4-2-1-3-11(12)17(26)21-22/h1-7H,8-9H2,(H,20,24)(H,21,26). The van der Waals surface area contributed by atoms with E-state index in [4.69, 9.17) is 16.3 Å². The van der Waals surface area contributed by atoms with Crippen molar-refractivity contribution < 1.29 is 19.2 Å². The number of carbonyl (C=O) groups excluding carboxylic acids is 2. The molecule has 3 aromatic rings. The summed E-state index contributed by atoms with van der Waals surface area (Å²) in [7, 11) is 0. The van der Waals surface area contributed by atoms with Crippen LogP contribution in [0.15, 0.2) is 52.1 Å². The molecule has 154 valence electrons. The third kappa shape index (κ3) is 4.52. The number of H-pyrrole nitrogens is 1. The number of nitrogens with zero attached hydrogens (tertiary/aromatic N) is 2. The SMILES string of the molecule is O=C(COC(=O)Cn1[nH]c(=O)c2ccccc2c1=O)Nc1cc([N+](=O)[O-])ccc1Cl. The van der Waals surface area contributed by atoms with E-state index in [0.29, 0.717) is 0 Å². The molecule has 0 spiro atoms. The molecule has 1 amide bonds. The third-order valence-electron chi connectivity index (χ3n) is 3.97. The number of aromatic nitrogens is 2. The van der Waals surface area contributed by atoms with Crippen LogP contribution in [-0.4, -0.2) is 33.2 Å². The van der Waals surface area contributed by atoms with Crippen molar-refractivity contribution in [2.45, 2.75) is 6.54 Å². The summed E-state index contributed by atoms with van der Waals surface area (Å²) in [5, 5.41) is 15.7. The molecule has 30 heavy (non-hydrogen) atoms. The van der Waals surface area contributed by atoms with Gasteiger partial charge in [0, 0.05) is 12.1 Å². The molecule has 1 heterocycles. The molecule has 0 atom stereocenters. The van der Waals surface area contributed by atoms with E-state index in [9.17, 15) is 29.3 Å². The van der Waals surface area contributed by atoms with Crippen LogP contribution >= 0.6 is 11.6 Å². The number of rotatable bonds is 6. The molecule has 0 radical (unpaired) electrons. The van der Waals surface area contributed by atoms with Crippen LogP contribution in [-0.2, 0) is 20.9 Å². The van der Waals surface area contributed by atoms with Crippen molar-refractivity contribution in [2.24, 2.45) is 0 Å². The van der Waals surface area contributed by atoms with E-state index in [1.807, 2.05) is 0 Å². The normalized spacial score (nSPS) is 10.6. The molecule has 0 bridgehead atoms. The molecule has 11 nitrogen and oxygen atoms in total. The van der Waals surface area contributed by atoms with Crippen LogP contribution in [0.1, 0.15) is 0 Å². The van der Waals surface area contributed by atoms with Gasteiger partial charge >= 0.3 is 5.97 Å².